The van der Waals surface area contributed by atoms with Crippen molar-refractivity contribution in [2.24, 2.45) is 12.5 Å². The molecule has 1 fully saturated rings. The summed E-state index contributed by atoms with van der Waals surface area (Å²) in [5, 5.41) is 8.05. The van der Waals surface area contributed by atoms with Gasteiger partial charge in [-0.1, -0.05) is 13.8 Å². The standard InChI is InChI=1S/C13H23N3/c1-4-14-11-5-7-13(2,9-11)10-12-6-8-16(3)15-12/h6,8,11,14H,4-5,7,9-10H2,1-3H3. The summed E-state index contributed by atoms with van der Waals surface area (Å²) in [6.07, 6.45) is 7.08. The van der Waals surface area contributed by atoms with Gasteiger partial charge < -0.3 is 5.32 Å². The lowest BCUT2D eigenvalue weighted by Crippen LogP contribution is -2.28. The molecule has 0 aliphatic heterocycles. The molecule has 0 spiro atoms. The van der Waals surface area contributed by atoms with Crippen molar-refractivity contribution in [3.8, 4) is 0 Å². The smallest absolute Gasteiger partial charge is 0.0629 e. The van der Waals surface area contributed by atoms with Crippen LogP contribution in [0.5, 0.6) is 0 Å². The molecule has 0 aromatic carbocycles. The van der Waals surface area contributed by atoms with E-state index < -0.39 is 0 Å². The molecule has 3 nitrogen and oxygen atoms in total. The van der Waals surface area contributed by atoms with E-state index in [-0.39, 0.29) is 0 Å². The van der Waals surface area contributed by atoms with Crippen LogP contribution in [0, 0.1) is 5.41 Å². The summed E-state index contributed by atoms with van der Waals surface area (Å²) in [5.41, 5.74) is 1.68. The molecule has 16 heavy (non-hydrogen) atoms. The molecule has 1 heterocycles. The van der Waals surface area contributed by atoms with E-state index >= 15 is 0 Å². The maximum atomic E-state index is 4.49. The van der Waals surface area contributed by atoms with Gasteiger partial charge in [0.2, 0.25) is 0 Å². The van der Waals surface area contributed by atoms with Crippen molar-refractivity contribution < 1.29 is 0 Å². The van der Waals surface area contributed by atoms with E-state index in [4.69, 9.17) is 0 Å². The molecule has 1 aromatic rings. The van der Waals surface area contributed by atoms with Gasteiger partial charge in [0.1, 0.15) is 0 Å². The molecule has 1 N–H and O–H groups in total. The van der Waals surface area contributed by atoms with Gasteiger partial charge in [0, 0.05) is 19.3 Å². The van der Waals surface area contributed by atoms with Crippen LogP contribution in [-0.2, 0) is 13.5 Å². The van der Waals surface area contributed by atoms with Crippen LogP contribution < -0.4 is 5.32 Å². The van der Waals surface area contributed by atoms with Gasteiger partial charge in [-0.25, -0.2) is 0 Å². The molecular formula is C13H23N3. The number of nitrogens with zero attached hydrogens (tertiary/aromatic N) is 2. The Morgan fingerprint density at radius 2 is 2.44 bits per heavy atom. The number of aromatic nitrogens is 2. The third kappa shape index (κ3) is 2.64. The molecular weight excluding hydrogens is 198 g/mol. The number of aryl methyl sites for hydroxylation is 1. The second-order valence-electron chi connectivity index (χ2n) is 5.47. The van der Waals surface area contributed by atoms with Gasteiger partial charge in [-0.3, -0.25) is 4.68 Å². The molecule has 1 aliphatic carbocycles. The Balaban J connectivity index is 1.94. The zero-order chi connectivity index (χ0) is 11.6. The first kappa shape index (κ1) is 11.6. The third-order valence-electron chi connectivity index (χ3n) is 3.71. The fourth-order valence-electron chi connectivity index (χ4n) is 2.94. The minimum Gasteiger partial charge on any atom is -0.314 e. The maximum Gasteiger partial charge on any atom is 0.0629 e. The Morgan fingerprint density at radius 3 is 3.06 bits per heavy atom. The summed E-state index contributed by atoms with van der Waals surface area (Å²) >= 11 is 0. The van der Waals surface area contributed by atoms with Crippen LogP contribution in [0.25, 0.3) is 0 Å². The lowest BCUT2D eigenvalue weighted by molar-refractivity contribution is 0.318. The van der Waals surface area contributed by atoms with Crippen molar-refractivity contribution in [2.45, 2.75) is 45.6 Å². The second-order valence-corrected chi connectivity index (χ2v) is 5.47. The zero-order valence-electron chi connectivity index (χ0n) is 10.7. The molecule has 1 aromatic heterocycles. The van der Waals surface area contributed by atoms with Crippen LogP contribution in [0.15, 0.2) is 12.3 Å². The first-order valence-corrected chi connectivity index (χ1v) is 6.33. The zero-order valence-corrected chi connectivity index (χ0v) is 10.7. The fourth-order valence-corrected chi connectivity index (χ4v) is 2.94. The second kappa shape index (κ2) is 4.58. The normalized spacial score (nSPS) is 29.8. The average molecular weight is 221 g/mol. The topological polar surface area (TPSA) is 29.9 Å². The van der Waals surface area contributed by atoms with Crippen molar-refractivity contribution in [1.82, 2.24) is 15.1 Å². The Labute approximate surface area is 98.2 Å². The van der Waals surface area contributed by atoms with E-state index in [1.807, 2.05) is 17.9 Å². The van der Waals surface area contributed by atoms with E-state index in [2.05, 4.69) is 30.3 Å². The van der Waals surface area contributed by atoms with Crippen molar-refractivity contribution in [3.63, 3.8) is 0 Å². The first-order chi connectivity index (χ1) is 7.61. The van der Waals surface area contributed by atoms with Gasteiger partial charge in [0.15, 0.2) is 0 Å². The SMILES string of the molecule is CCNC1CCC(C)(Cc2ccn(C)n2)C1. The average Bonchev–Trinajstić information content (AvgIpc) is 2.75. The molecule has 2 rings (SSSR count). The molecule has 0 amide bonds. The monoisotopic (exact) mass is 221 g/mol. The third-order valence-corrected chi connectivity index (χ3v) is 3.71. The summed E-state index contributed by atoms with van der Waals surface area (Å²) in [4.78, 5) is 0. The molecule has 0 radical (unpaired) electrons. The van der Waals surface area contributed by atoms with Crippen LogP contribution >= 0.6 is 0 Å². The Bertz CT molecular complexity index is 345. The number of nitrogens with one attached hydrogen (secondary N) is 1. The Hall–Kier alpha value is -0.830. The van der Waals surface area contributed by atoms with Gasteiger partial charge in [-0.15, -0.1) is 0 Å². The minimum absolute atomic E-state index is 0.446. The quantitative estimate of drug-likeness (QED) is 0.844. The van der Waals surface area contributed by atoms with Crippen LogP contribution in [0.1, 0.15) is 38.8 Å². The highest BCUT2D eigenvalue weighted by Gasteiger charge is 2.35. The Kier molecular flexibility index (Phi) is 3.33. The van der Waals surface area contributed by atoms with Gasteiger partial charge in [-0.05, 0) is 43.7 Å². The van der Waals surface area contributed by atoms with Crippen molar-refractivity contribution in [3.05, 3.63) is 18.0 Å². The van der Waals surface area contributed by atoms with E-state index in [1.165, 1.54) is 25.0 Å². The maximum absolute atomic E-state index is 4.49. The highest BCUT2D eigenvalue weighted by Crippen LogP contribution is 2.40. The summed E-state index contributed by atoms with van der Waals surface area (Å²) in [7, 11) is 1.99. The molecule has 0 saturated heterocycles. The van der Waals surface area contributed by atoms with Crippen molar-refractivity contribution >= 4 is 0 Å². The molecule has 3 heteroatoms. The molecule has 2 atom stereocenters. The van der Waals surface area contributed by atoms with Gasteiger partial charge in [0.25, 0.3) is 0 Å². The first-order valence-electron chi connectivity index (χ1n) is 6.33. The molecule has 90 valence electrons. The molecule has 2 unspecified atom stereocenters. The van der Waals surface area contributed by atoms with Gasteiger partial charge in [-0.2, -0.15) is 5.10 Å². The predicted molar refractivity (Wildman–Crippen MR) is 66.3 cm³/mol. The van der Waals surface area contributed by atoms with Gasteiger partial charge in [0.05, 0.1) is 5.69 Å². The molecule has 1 saturated carbocycles. The van der Waals surface area contributed by atoms with E-state index in [9.17, 15) is 0 Å². The lowest BCUT2D eigenvalue weighted by Gasteiger charge is -2.23. The molecule has 1 aliphatic rings. The summed E-state index contributed by atoms with van der Waals surface area (Å²) in [6, 6.07) is 2.87. The van der Waals surface area contributed by atoms with Crippen LogP contribution in [0.2, 0.25) is 0 Å². The predicted octanol–water partition coefficient (Wildman–Crippen LogP) is 2.13. The minimum atomic E-state index is 0.446. The highest BCUT2D eigenvalue weighted by molar-refractivity contribution is 5.05. The summed E-state index contributed by atoms with van der Waals surface area (Å²) < 4.78 is 1.90. The van der Waals surface area contributed by atoms with E-state index in [1.54, 1.807) is 0 Å². The highest BCUT2D eigenvalue weighted by atomic mass is 15.2. The summed E-state index contributed by atoms with van der Waals surface area (Å²) in [6.45, 7) is 5.68. The van der Waals surface area contributed by atoms with E-state index in [0.29, 0.717) is 5.41 Å². The van der Waals surface area contributed by atoms with Crippen LogP contribution in [-0.4, -0.2) is 22.4 Å². The van der Waals surface area contributed by atoms with Gasteiger partial charge >= 0.3 is 0 Å². The van der Waals surface area contributed by atoms with E-state index in [0.717, 1.165) is 19.0 Å². The fraction of sp³-hybridized carbons (Fsp3) is 0.769. The number of hydrogen-bond acceptors (Lipinski definition) is 2. The lowest BCUT2D eigenvalue weighted by atomic mass is 9.83. The van der Waals surface area contributed by atoms with Crippen LogP contribution in [0.3, 0.4) is 0 Å². The van der Waals surface area contributed by atoms with Crippen LogP contribution in [0.4, 0.5) is 0 Å². The van der Waals surface area contributed by atoms with Crippen molar-refractivity contribution in [2.75, 3.05) is 6.54 Å². The Morgan fingerprint density at radius 1 is 1.62 bits per heavy atom. The number of hydrogen-bond donors (Lipinski definition) is 1. The largest absolute Gasteiger partial charge is 0.314 e. The summed E-state index contributed by atoms with van der Waals surface area (Å²) in [5.74, 6) is 0. The number of rotatable bonds is 4. The van der Waals surface area contributed by atoms with Crippen molar-refractivity contribution in [1.29, 1.82) is 0 Å². The molecule has 0 bridgehead atoms.